The predicted molar refractivity (Wildman–Crippen MR) is 51.5 cm³/mol. The van der Waals surface area contributed by atoms with E-state index in [4.69, 9.17) is 10.6 Å². The van der Waals surface area contributed by atoms with E-state index in [9.17, 15) is 13.2 Å². The highest BCUT2D eigenvalue weighted by Gasteiger charge is 2.31. The quantitative estimate of drug-likeness (QED) is 0.493. The normalized spacial score (nSPS) is 11.8. The van der Waals surface area contributed by atoms with E-state index in [1.54, 1.807) is 0 Å². The number of alkyl halides is 3. The van der Waals surface area contributed by atoms with Crippen molar-refractivity contribution in [3.8, 4) is 11.5 Å². The van der Waals surface area contributed by atoms with Crippen molar-refractivity contribution < 1.29 is 22.6 Å². The van der Waals surface area contributed by atoms with Crippen molar-refractivity contribution in [1.82, 2.24) is 0 Å². The summed E-state index contributed by atoms with van der Waals surface area (Å²) in [6.07, 6.45) is -3.56. The van der Waals surface area contributed by atoms with Crippen LogP contribution in [0.4, 0.5) is 13.2 Å². The molecular weight excluding hydrogens is 225 g/mol. The Labute approximate surface area is 89.5 Å². The highest BCUT2D eigenvalue weighted by Crippen LogP contribution is 2.27. The van der Waals surface area contributed by atoms with E-state index in [0.29, 0.717) is 11.3 Å². The van der Waals surface area contributed by atoms with Gasteiger partial charge in [0, 0.05) is 5.56 Å². The predicted octanol–water partition coefficient (Wildman–Crippen LogP) is 1.89. The lowest BCUT2D eigenvalue weighted by Crippen LogP contribution is -2.17. The van der Waals surface area contributed by atoms with Gasteiger partial charge in [-0.25, -0.2) is 0 Å². The number of hydrazone groups is 1. The molecule has 0 spiro atoms. The van der Waals surface area contributed by atoms with Crippen LogP contribution in [0, 0.1) is 0 Å². The monoisotopic (exact) mass is 234 g/mol. The molecule has 0 aliphatic heterocycles. The van der Waals surface area contributed by atoms with Crippen LogP contribution in [0.2, 0.25) is 0 Å². The summed E-state index contributed by atoms with van der Waals surface area (Å²) >= 11 is 0. The lowest BCUT2D eigenvalue weighted by molar-refractivity contribution is -0.274. The van der Waals surface area contributed by atoms with Gasteiger partial charge in [-0.05, 0) is 18.2 Å². The molecule has 16 heavy (non-hydrogen) atoms. The Hall–Kier alpha value is -1.92. The third-order valence-electron chi connectivity index (χ3n) is 1.65. The minimum absolute atomic E-state index is 0.298. The van der Waals surface area contributed by atoms with Gasteiger partial charge in [-0.15, -0.1) is 13.2 Å². The van der Waals surface area contributed by atoms with Crippen molar-refractivity contribution in [2.75, 3.05) is 7.11 Å². The maximum atomic E-state index is 11.9. The molecule has 0 bridgehead atoms. The molecule has 1 rings (SSSR count). The van der Waals surface area contributed by atoms with Crippen LogP contribution in [0.25, 0.3) is 0 Å². The van der Waals surface area contributed by atoms with Crippen molar-refractivity contribution in [2.45, 2.75) is 6.36 Å². The molecule has 4 nitrogen and oxygen atoms in total. The van der Waals surface area contributed by atoms with Crippen molar-refractivity contribution >= 4 is 6.21 Å². The minimum Gasteiger partial charge on any atom is -0.496 e. The van der Waals surface area contributed by atoms with Crippen LogP contribution in [0.3, 0.4) is 0 Å². The Morgan fingerprint density at radius 1 is 1.38 bits per heavy atom. The molecule has 0 aliphatic rings. The van der Waals surface area contributed by atoms with E-state index in [0.717, 1.165) is 12.1 Å². The van der Waals surface area contributed by atoms with Crippen LogP contribution in [0.5, 0.6) is 11.5 Å². The van der Waals surface area contributed by atoms with Gasteiger partial charge < -0.3 is 15.3 Å². The SMILES string of the molecule is COc1ccc(OC(F)(F)F)cc1C=NN. The summed E-state index contributed by atoms with van der Waals surface area (Å²) in [5, 5.41) is 3.21. The zero-order valence-corrected chi connectivity index (χ0v) is 8.28. The van der Waals surface area contributed by atoms with Gasteiger partial charge >= 0.3 is 6.36 Å². The molecule has 0 unspecified atom stereocenters. The van der Waals surface area contributed by atoms with E-state index >= 15 is 0 Å². The van der Waals surface area contributed by atoms with Gasteiger partial charge in [0.25, 0.3) is 0 Å². The average molecular weight is 234 g/mol. The molecule has 0 radical (unpaired) electrons. The molecule has 0 saturated heterocycles. The first kappa shape index (κ1) is 12.2. The maximum Gasteiger partial charge on any atom is 0.573 e. The van der Waals surface area contributed by atoms with Crippen LogP contribution in [-0.4, -0.2) is 19.7 Å². The molecule has 1 aromatic carbocycles. The van der Waals surface area contributed by atoms with Gasteiger partial charge in [-0.3, -0.25) is 0 Å². The van der Waals surface area contributed by atoms with Crippen LogP contribution in [0.1, 0.15) is 5.56 Å². The number of methoxy groups -OCH3 is 1. The van der Waals surface area contributed by atoms with Crippen molar-refractivity contribution in [2.24, 2.45) is 10.9 Å². The van der Waals surface area contributed by atoms with Crippen molar-refractivity contribution in [3.05, 3.63) is 23.8 Å². The molecule has 0 amide bonds. The largest absolute Gasteiger partial charge is 0.573 e. The second-order valence-corrected chi connectivity index (χ2v) is 2.73. The van der Waals surface area contributed by atoms with E-state index in [-0.39, 0.29) is 5.75 Å². The van der Waals surface area contributed by atoms with Gasteiger partial charge in [-0.2, -0.15) is 5.10 Å². The van der Waals surface area contributed by atoms with E-state index in [1.807, 2.05) is 0 Å². The first-order chi connectivity index (χ1) is 7.46. The maximum absolute atomic E-state index is 11.9. The fourth-order valence-electron chi connectivity index (χ4n) is 1.09. The Kier molecular flexibility index (Phi) is 3.60. The van der Waals surface area contributed by atoms with Gasteiger partial charge in [0.2, 0.25) is 0 Å². The fraction of sp³-hybridized carbons (Fsp3) is 0.222. The van der Waals surface area contributed by atoms with Crippen molar-refractivity contribution in [1.29, 1.82) is 0 Å². The number of hydrogen-bond acceptors (Lipinski definition) is 4. The highest BCUT2D eigenvalue weighted by atomic mass is 19.4. The Balaban J connectivity index is 3.02. The summed E-state index contributed by atoms with van der Waals surface area (Å²) < 4.78 is 44.4. The first-order valence-corrected chi connectivity index (χ1v) is 4.13. The molecule has 7 heteroatoms. The van der Waals surface area contributed by atoms with Gasteiger partial charge in [0.15, 0.2) is 0 Å². The standard InChI is InChI=1S/C9H9F3N2O2/c1-15-8-3-2-7(16-9(10,11)12)4-6(8)5-14-13/h2-5H,13H2,1H3. The zero-order chi connectivity index (χ0) is 12.2. The van der Waals surface area contributed by atoms with Crippen molar-refractivity contribution in [3.63, 3.8) is 0 Å². The van der Waals surface area contributed by atoms with E-state index in [2.05, 4.69) is 9.84 Å². The molecule has 0 aliphatic carbocycles. The van der Waals surface area contributed by atoms with Crippen LogP contribution in [0.15, 0.2) is 23.3 Å². The van der Waals surface area contributed by atoms with Crippen LogP contribution >= 0.6 is 0 Å². The fourth-order valence-corrected chi connectivity index (χ4v) is 1.09. The molecule has 0 aromatic heterocycles. The molecule has 88 valence electrons. The number of hydrogen-bond donors (Lipinski definition) is 1. The molecule has 0 saturated carbocycles. The van der Waals surface area contributed by atoms with Crippen LogP contribution < -0.4 is 15.3 Å². The second-order valence-electron chi connectivity index (χ2n) is 2.73. The molecule has 0 heterocycles. The summed E-state index contributed by atoms with van der Waals surface area (Å²) in [7, 11) is 1.38. The van der Waals surface area contributed by atoms with Gasteiger partial charge in [-0.1, -0.05) is 0 Å². The number of ether oxygens (including phenoxy) is 2. The summed E-state index contributed by atoms with van der Waals surface area (Å²) in [4.78, 5) is 0. The summed E-state index contributed by atoms with van der Waals surface area (Å²) in [5.74, 6) is 4.90. The number of rotatable bonds is 3. The lowest BCUT2D eigenvalue weighted by Gasteiger charge is -2.10. The van der Waals surface area contributed by atoms with Crippen LogP contribution in [-0.2, 0) is 0 Å². The minimum atomic E-state index is -4.73. The molecule has 1 aromatic rings. The second kappa shape index (κ2) is 4.73. The lowest BCUT2D eigenvalue weighted by atomic mass is 10.2. The molecular formula is C9H9F3N2O2. The number of nitrogens with zero attached hydrogens (tertiary/aromatic N) is 1. The summed E-state index contributed by atoms with van der Waals surface area (Å²) in [6.45, 7) is 0. The summed E-state index contributed by atoms with van der Waals surface area (Å²) in [5.41, 5.74) is 0.298. The van der Waals surface area contributed by atoms with Gasteiger partial charge in [0.1, 0.15) is 11.5 Å². The molecule has 0 fully saturated rings. The third-order valence-corrected chi connectivity index (χ3v) is 1.65. The Bertz CT molecular complexity index is 391. The third kappa shape index (κ3) is 3.34. The van der Waals surface area contributed by atoms with Gasteiger partial charge in [0.05, 0.1) is 13.3 Å². The number of benzene rings is 1. The highest BCUT2D eigenvalue weighted by molar-refractivity contribution is 5.84. The average Bonchev–Trinajstić information content (AvgIpc) is 2.16. The van der Waals surface area contributed by atoms with E-state index in [1.165, 1.54) is 19.4 Å². The first-order valence-electron chi connectivity index (χ1n) is 4.13. The van der Waals surface area contributed by atoms with E-state index < -0.39 is 6.36 Å². The number of halogens is 3. The Morgan fingerprint density at radius 2 is 2.06 bits per heavy atom. The molecule has 2 N–H and O–H groups in total. The Morgan fingerprint density at radius 3 is 2.56 bits per heavy atom. The topological polar surface area (TPSA) is 56.8 Å². The molecule has 0 atom stereocenters. The zero-order valence-electron chi connectivity index (χ0n) is 8.28. The number of nitrogens with two attached hydrogens (primary N) is 1. The summed E-state index contributed by atoms with van der Waals surface area (Å²) in [6, 6.07) is 3.60. The smallest absolute Gasteiger partial charge is 0.496 e.